The van der Waals surface area contributed by atoms with Gasteiger partial charge in [0, 0.05) is 24.5 Å². The molecule has 1 fully saturated rings. The number of methoxy groups -OCH3 is 1. The van der Waals surface area contributed by atoms with E-state index in [-0.39, 0.29) is 29.6 Å². The number of carbonyl (C=O) groups is 1. The van der Waals surface area contributed by atoms with Gasteiger partial charge in [-0.05, 0) is 24.3 Å². The number of alkyl halides is 2. The summed E-state index contributed by atoms with van der Waals surface area (Å²) in [6.07, 6.45) is -2.46. The minimum absolute atomic E-state index is 0.0982. The second-order valence-corrected chi connectivity index (χ2v) is 9.08. The highest BCUT2D eigenvalue weighted by atomic mass is 35.5. The Morgan fingerprint density at radius 1 is 1.21 bits per heavy atom. The van der Waals surface area contributed by atoms with Crippen molar-refractivity contribution >= 4 is 39.3 Å². The van der Waals surface area contributed by atoms with Crippen LogP contribution in [0.15, 0.2) is 35.1 Å². The van der Waals surface area contributed by atoms with Crippen LogP contribution in [0.4, 0.5) is 8.78 Å². The summed E-state index contributed by atoms with van der Waals surface area (Å²) in [5.74, 6) is 0.903. The lowest BCUT2D eigenvalue weighted by molar-refractivity contribution is -0.136. The van der Waals surface area contributed by atoms with E-state index >= 15 is 0 Å². The van der Waals surface area contributed by atoms with Crippen molar-refractivity contribution in [3.05, 3.63) is 57.2 Å². The number of nitrogens with zero attached hydrogens (tertiary/aromatic N) is 4. The number of fused-ring (bicyclic) bond motifs is 2. The minimum atomic E-state index is -2.64. The summed E-state index contributed by atoms with van der Waals surface area (Å²) in [7, 11) is 1.52. The molecule has 1 aliphatic heterocycles. The summed E-state index contributed by atoms with van der Waals surface area (Å²) >= 11 is 6.19. The topological polar surface area (TPSA) is 112 Å². The molecule has 13 heteroatoms. The van der Waals surface area contributed by atoms with Gasteiger partial charge in [0.1, 0.15) is 30.5 Å². The van der Waals surface area contributed by atoms with E-state index in [0.717, 1.165) is 4.68 Å². The number of rotatable bonds is 8. The summed E-state index contributed by atoms with van der Waals surface area (Å²) in [4.78, 5) is 35.4. The number of amides is 1. The van der Waals surface area contributed by atoms with Gasteiger partial charge in [-0.2, -0.15) is 5.10 Å². The number of benzene rings is 2. The zero-order valence-corrected chi connectivity index (χ0v) is 21.1. The van der Waals surface area contributed by atoms with E-state index < -0.39 is 18.6 Å². The zero-order chi connectivity index (χ0) is 26.8. The first kappa shape index (κ1) is 25.9. The number of hydrogen-bond donors (Lipinski definition) is 1. The molecule has 0 radical (unpaired) electrons. The summed E-state index contributed by atoms with van der Waals surface area (Å²) in [5.41, 5.74) is 1.14. The zero-order valence-electron chi connectivity index (χ0n) is 20.4. The van der Waals surface area contributed by atoms with Crippen LogP contribution in [-0.4, -0.2) is 77.0 Å². The lowest BCUT2D eigenvalue weighted by atomic mass is 10.1. The Labute approximate surface area is 220 Å². The van der Waals surface area contributed by atoms with Crippen molar-refractivity contribution in [2.45, 2.75) is 19.4 Å². The average Bonchev–Trinajstić information content (AvgIpc) is 3.30. The maximum atomic E-state index is 13.2. The third-order valence-corrected chi connectivity index (χ3v) is 6.47. The van der Waals surface area contributed by atoms with E-state index in [2.05, 4.69) is 15.1 Å². The number of ether oxygens (including phenoxy) is 3. The van der Waals surface area contributed by atoms with Gasteiger partial charge < -0.3 is 24.1 Å². The average molecular weight is 548 g/mol. The van der Waals surface area contributed by atoms with Gasteiger partial charge >= 0.3 is 0 Å². The largest absolute Gasteiger partial charge is 0.497 e. The van der Waals surface area contributed by atoms with Crippen LogP contribution in [-0.2, 0) is 22.5 Å². The fraction of sp³-hybridized carbons (Fsp3) is 0.360. The van der Waals surface area contributed by atoms with Gasteiger partial charge in [-0.25, -0.2) is 18.4 Å². The number of nitrogens with one attached hydrogen (secondary N) is 1. The van der Waals surface area contributed by atoms with Crippen molar-refractivity contribution in [1.29, 1.82) is 0 Å². The Morgan fingerprint density at radius 3 is 2.74 bits per heavy atom. The molecule has 0 atom stereocenters. The van der Waals surface area contributed by atoms with Crippen LogP contribution >= 0.6 is 11.6 Å². The molecular formula is C25H24ClF2N5O5. The molecule has 0 spiro atoms. The quantitative estimate of drug-likeness (QED) is 0.361. The van der Waals surface area contributed by atoms with E-state index in [0.29, 0.717) is 65.4 Å². The number of imidazole rings is 1. The predicted molar refractivity (Wildman–Crippen MR) is 135 cm³/mol. The van der Waals surface area contributed by atoms with Crippen molar-refractivity contribution < 1.29 is 27.8 Å². The Hall–Kier alpha value is -3.77. The highest BCUT2D eigenvalue weighted by molar-refractivity contribution is 6.32. The van der Waals surface area contributed by atoms with E-state index in [1.165, 1.54) is 13.2 Å². The van der Waals surface area contributed by atoms with Crippen LogP contribution < -0.4 is 15.0 Å². The van der Waals surface area contributed by atoms with Gasteiger partial charge in [0.2, 0.25) is 5.91 Å². The SMILES string of the molecule is COc1ccc2c(=O)n(CC(=O)N3CCOCC3)nc(Cc3nc4cc(OCC(F)F)c(Cl)cc4[nH]3)c2c1. The molecule has 0 aliphatic carbocycles. The van der Waals surface area contributed by atoms with Crippen LogP contribution in [0.3, 0.4) is 0 Å². The smallest absolute Gasteiger partial charge is 0.275 e. The summed E-state index contributed by atoms with van der Waals surface area (Å²) < 4.78 is 42.1. The summed E-state index contributed by atoms with van der Waals surface area (Å²) in [6, 6.07) is 8.05. The Balaban J connectivity index is 1.51. The molecule has 4 aromatic rings. The molecule has 0 bridgehead atoms. The number of halogens is 3. The first-order chi connectivity index (χ1) is 18.3. The molecule has 1 N–H and O–H groups in total. The van der Waals surface area contributed by atoms with Gasteiger partial charge in [-0.15, -0.1) is 0 Å². The van der Waals surface area contributed by atoms with Crippen LogP contribution in [0.5, 0.6) is 11.5 Å². The summed E-state index contributed by atoms with van der Waals surface area (Å²) in [5, 5.41) is 5.64. The van der Waals surface area contributed by atoms with Crippen molar-refractivity contribution in [3.8, 4) is 11.5 Å². The molecule has 1 aliphatic rings. The molecule has 5 rings (SSSR count). The molecule has 38 heavy (non-hydrogen) atoms. The van der Waals surface area contributed by atoms with E-state index in [4.69, 9.17) is 25.8 Å². The predicted octanol–water partition coefficient (Wildman–Crippen LogP) is 3.03. The fourth-order valence-corrected chi connectivity index (χ4v) is 4.53. The van der Waals surface area contributed by atoms with Gasteiger partial charge in [0.25, 0.3) is 12.0 Å². The lowest BCUT2D eigenvalue weighted by Gasteiger charge is -2.27. The number of aromatic amines is 1. The summed E-state index contributed by atoms with van der Waals surface area (Å²) in [6.45, 7) is 0.800. The molecule has 0 saturated carbocycles. The maximum absolute atomic E-state index is 13.2. The van der Waals surface area contributed by atoms with Gasteiger partial charge in [-0.1, -0.05) is 11.6 Å². The second kappa shape index (κ2) is 10.9. The van der Waals surface area contributed by atoms with Gasteiger partial charge in [-0.3, -0.25) is 9.59 Å². The molecule has 3 heterocycles. The highest BCUT2D eigenvalue weighted by Gasteiger charge is 2.21. The monoisotopic (exact) mass is 547 g/mol. The number of aromatic nitrogens is 4. The van der Waals surface area contributed by atoms with Crippen molar-refractivity contribution in [1.82, 2.24) is 24.6 Å². The Bertz CT molecular complexity index is 1550. The van der Waals surface area contributed by atoms with Crippen molar-refractivity contribution in [2.75, 3.05) is 40.0 Å². The maximum Gasteiger partial charge on any atom is 0.275 e. The van der Waals surface area contributed by atoms with Crippen LogP contribution in [0.2, 0.25) is 5.02 Å². The molecule has 0 unspecified atom stereocenters. The normalized spacial score (nSPS) is 14.0. The minimum Gasteiger partial charge on any atom is -0.497 e. The Morgan fingerprint density at radius 2 is 2.00 bits per heavy atom. The third-order valence-electron chi connectivity index (χ3n) is 6.18. The van der Waals surface area contributed by atoms with E-state index in [9.17, 15) is 18.4 Å². The third kappa shape index (κ3) is 5.41. The molecule has 200 valence electrons. The van der Waals surface area contributed by atoms with Crippen LogP contribution in [0.25, 0.3) is 21.8 Å². The molecule has 1 saturated heterocycles. The molecular weight excluding hydrogens is 524 g/mol. The van der Waals surface area contributed by atoms with E-state index in [1.54, 1.807) is 29.2 Å². The second-order valence-electron chi connectivity index (χ2n) is 8.68. The van der Waals surface area contributed by atoms with Gasteiger partial charge in [0.05, 0.1) is 53.9 Å². The standard InChI is InChI=1S/C25H24ClF2N5O5/c1-36-14-2-3-15-16(8-14)18(31-33(25(15)35)12-24(34)32-4-6-37-7-5-32)11-23-29-19-9-17(26)21(10-20(19)30-23)38-13-22(27)28/h2-3,8-10,22H,4-7,11-13H2,1H3,(H,29,30). The van der Waals surface area contributed by atoms with Gasteiger partial charge in [0.15, 0.2) is 0 Å². The van der Waals surface area contributed by atoms with Crippen LogP contribution in [0.1, 0.15) is 11.5 Å². The molecule has 1 amide bonds. The van der Waals surface area contributed by atoms with Crippen molar-refractivity contribution in [3.63, 3.8) is 0 Å². The van der Waals surface area contributed by atoms with E-state index in [1.807, 2.05) is 0 Å². The number of H-pyrrole nitrogens is 1. The fourth-order valence-electron chi connectivity index (χ4n) is 4.31. The number of morpholine rings is 1. The highest BCUT2D eigenvalue weighted by Crippen LogP contribution is 2.30. The first-order valence-electron chi connectivity index (χ1n) is 11.8. The molecule has 2 aromatic carbocycles. The first-order valence-corrected chi connectivity index (χ1v) is 12.2. The molecule has 2 aromatic heterocycles. The number of carbonyl (C=O) groups excluding carboxylic acids is 1. The lowest BCUT2D eigenvalue weighted by Crippen LogP contribution is -2.44. The van der Waals surface area contributed by atoms with Crippen LogP contribution in [0, 0.1) is 0 Å². The molecule has 10 nitrogen and oxygen atoms in total. The number of hydrogen-bond acceptors (Lipinski definition) is 7. The van der Waals surface area contributed by atoms with Crippen molar-refractivity contribution in [2.24, 2.45) is 0 Å². The Kier molecular flexibility index (Phi) is 7.43.